The van der Waals surface area contributed by atoms with Crippen molar-refractivity contribution in [3.05, 3.63) is 187 Å². The number of rotatable bonds is 5. The number of hydrogen-bond acceptors (Lipinski definition) is 1. The second-order valence-corrected chi connectivity index (χ2v) is 14.0. The minimum atomic E-state index is 1.00. The Labute approximate surface area is 303 Å². The van der Waals surface area contributed by atoms with Crippen LogP contribution in [0.4, 0.5) is 17.1 Å². The van der Waals surface area contributed by atoms with Crippen molar-refractivity contribution in [1.29, 1.82) is 0 Å². The molecule has 1 heterocycles. The van der Waals surface area contributed by atoms with Crippen LogP contribution in [0.15, 0.2) is 176 Å². The average Bonchev–Trinajstić information content (AvgIpc) is 3.73. The van der Waals surface area contributed by atoms with Gasteiger partial charge in [0.15, 0.2) is 0 Å². The predicted molar refractivity (Wildman–Crippen MR) is 220 cm³/mol. The fourth-order valence-electron chi connectivity index (χ4n) is 8.99. The third-order valence-electron chi connectivity index (χ3n) is 11.1. The van der Waals surface area contributed by atoms with Crippen LogP contribution in [0.2, 0.25) is 0 Å². The molecule has 0 atom stereocenters. The number of nitrogens with zero attached hydrogens (tertiary/aromatic N) is 2. The van der Waals surface area contributed by atoms with Crippen LogP contribution in [0.25, 0.3) is 77.6 Å². The van der Waals surface area contributed by atoms with E-state index in [1.165, 1.54) is 88.5 Å². The highest BCUT2D eigenvalue weighted by Crippen LogP contribution is 2.55. The molecule has 2 aliphatic rings. The summed E-state index contributed by atoms with van der Waals surface area (Å²) in [5.74, 6) is 0. The van der Waals surface area contributed by atoms with Crippen molar-refractivity contribution in [1.82, 2.24) is 4.57 Å². The Kier molecular flexibility index (Phi) is 6.41. The molecule has 0 amide bonds. The fourth-order valence-corrected chi connectivity index (χ4v) is 8.99. The summed E-state index contributed by atoms with van der Waals surface area (Å²) in [5.41, 5.74) is 16.3. The molecule has 8 aromatic carbocycles. The van der Waals surface area contributed by atoms with Crippen molar-refractivity contribution in [2.45, 2.75) is 12.8 Å². The average molecular weight is 663 g/mol. The van der Waals surface area contributed by atoms with Gasteiger partial charge in [0.1, 0.15) is 0 Å². The van der Waals surface area contributed by atoms with E-state index in [1.54, 1.807) is 0 Å². The quantitative estimate of drug-likeness (QED) is 0.167. The van der Waals surface area contributed by atoms with Gasteiger partial charge in [-0.25, -0.2) is 0 Å². The molecule has 2 heteroatoms. The Bertz CT molecular complexity index is 2890. The maximum Gasteiger partial charge on any atom is 0.0546 e. The first-order chi connectivity index (χ1) is 25.8. The molecular weight excluding hydrogens is 629 g/mol. The molecule has 52 heavy (non-hydrogen) atoms. The van der Waals surface area contributed by atoms with E-state index in [2.05, 4.69) is 191 Å². The molecule has 2 nitrogen and oxygen atoms in total. The largest absolute Gasteiger partial charge is 0.312 e. The summed E-state index contributed by atoms with van der Waals surface area (Å²) in [6.45, 7) is 0. The minimum absolute atomic E-state index is 1.00. The highest BCUT2D eigenvalue weighted by Gasteiger charge is 2.29. The third kappa shape index (κ3) is 4.25. The van der Waals surface area contributed by atoms with Gasteiger partial charge in [-0.3, -0.25) is 0 Å². The van der Waals surface area contributed by atoms with Gasteiger partial charge >= 0.3 is 0 Å². The fraction of sp³-hybridized carbons (Fsp3) is 0.0400. The summed E-state index contributed by atoms with van der Waals surface area (Å²) in [7, 11) is 0. The van der Waals surface area contributed by atoms with Crippen LogP contribution in [0.3, 0.4) is 0 Å². The van der Waals surface area contributed by atoms with E-state index in [0.29, 0.717) is 0 Å². The summed E-state index contributed by atoms with van der Waals surface area (Å²) in [4.78, 5) is 2.47. The molecule has 0 saturated carbocycles. The van der Waals surface area contributed by atoms with Gasteiger partial charge in [-0.05, 0) is 105 Å². The molecule has 0 bridgehead atoms. The van der Waals surface area contributed by atoms with Crippen molar-refractivity contribution >= 4 is 55.6 Å². The van der Waals surface area contributed by atoms with Crippen molar-refractivity contribution in [2.75, 3.05) is 4.90 Å². The van der Waals surface area contributed by atoms with Gasteiger partial charge in [0.05, 0.1) is 16.9 Å². The van der Waals surface area contributed by atoms with Crippen LogP contribution < -0.4 is 4.90 Å². The highest BCUT2D eigenvalue weighted by molar-refractivity contribution is 6.25. The lowest BCUT2D eigenvalue weighted by Gasteiger charge is -2.28. The summed E-state index contributed by atoms with van der Waals surface area (Å²) in [6.07, 6.45) is 6.73. The summed E-state index contributed by atoms with van der Waals surface area (Å²) >= 11 is 0. The highest BCUT2D eigenvalue weighted by atomic mass is 15.1. The van der Waals surface area contributed by atoms with Gasteiger partial charge in [0, 0.05) is 39.1 Å². The molecule has 9 aromatic rings. The molecule has 11 rings (SSSR count). The predicted octanol–water partition coefficient (Wildman–Crippen LogP) is 13.7. The normalized spacial score (nSPS) is 12.8. The number of allylic oxidation sites excluding steroid dienone is 1. The van der Waals surface area contributed by atoms with Gasteiger partial charge in [0.25, 0.3) is 0 Å². The SMILES string of the molecule is C1=Cc2c(n(-c3ccccc3-c3ccccc3)c3ccc(N(c4ccccc4)c4cccc5c4-c4cccc6cc7ccccc7c-5c46)cc23)CC1. The van der Waals surface area contributed by atoms with Crippen LogP contribution in [-0.4, -0.2) is 4.57 Å². The van der Waals surface area contributed by atoms with E-state index in [-0.39, 0.29) is 0 Å². The minimum Gasteiger partial charge on any atom is -0.312 e. The van der Waals surface area contributed by atoms with Crippen LogP contribution in [0.1, 0.15) is 17.7 Å². The Morgan fingerprint density at radius 2 is 1.23 bits per heavy atom. The van der Waals surface area contributed by atoms with Gasteiger partial charge in [-0.2, -0.15) is 0 Å². The lowest BCUT2D eigenvalue weighted by atomic mass is 9.96. The first-order valence-electron chi connectivity index (χ1n) is 18.3. The Balaban J connectivity index is 1.16. The molecule has 0 N–H and O–H groups in total. The summed E-state index contributed by atoms with van der Waals surface area (Å²) < 4.78 is 2.52. The van der Waals surface area contributed by atoms with Crippen molar-refractivity contribution in [2.24, 2.45) is 0 Å². The van der Waals surface area contributed by atoms with E-state index in [4.69, 9.17) is 0 Å². The van der Waals surface area contributed by atoms with E-state index < -0.39 is 0 Å². The van der Waals surface area contributed by atoms with Gasteiger partial charge in [-0.15, -0.1) is 0 Å². The summed E-state index contributed by atoms with van der Waals surface area (Å²) in [5, 5.41) is 6.50. The number of hydrogen-bond donors (Lipinski definition) is 0. The third-order valence-corrected chi connectivity index (χ3v) is 11.1. The van der Waals surface area contributed by atoms with Crippen molar-refractivity contribution in [3.63, 3.8) is 0 Å². The van der Waals surface area contributed by atoms with Gasteiger partial charge in [-0.1, -0.05) is 133 Å². The molecule has 0 aliphatic heterocycles. The van der Waals surface area contributed by atoms with Gasteiger partial charge < -0.3 is 9.47 Å². The first-order valence-corrected chi connectivity index (χ1v) is 18.3. The van der Waals surface area contributed by atoms with Crippen LogP contribution in [-0.2, 0) is 6.42 Å². The lowest BCUT2D eigenvalue weighted by Crippen LogP contribution is -2.11. The first kappa shape index (κ1) is 29.1. The van der Waals surface area contributed by atoms with Crippen LogP contribution in [0, 0.1) is 0 Å². The monoisotopic (exact) mass is 662 g/mol. The number of fused-ring (bicyclic) bond motifs is 8. The Hall–Kier alpha value is -6.64. The molecule has 0 spiro atoms. The number of para-hydroxylation sites is 2. The number of benzene rings is 8. The zero-order valence-electron chi connectivity index (χ0n) is 28.6. The van der Waals surface area contributed by atoms with Crippen LogP contribution >= 0.6 is 0 Å². The maximum atomic E-state index is 2.52. The van der Waals surface area contributed by atoms with E-state index in [9.17, 15) is 0 Å². The second-order valence-electron chi connectivity index (χ2n) is 14.0. The van der Waals surface area contributed by atoms with E-state index >= 15 is 0 Å². The smallest absolute Gasteiger partial charge is 0.0546 e. The Morgan fingerprint density at radius 1 is 0.500 bits per heavy atom. The maximum absolute atomic E-state index is 2.52. The van der Waals surface area contributed by atoms with E-state index in [0.717, 1.165) is 24.2 Å². The zero-order chi connectivity index (χ0) is 34.2. The molecule has 2 aliphatic carbocycles. The molecular formula is C50H34N2. The topological polar surface area (TPSA) is 8.17 Å². The molecule has 0 radical (unpaired) electrons. The zero-order valence-corrected chi connectivity index (χ0v) is 28.6. The molecule has 0 saturated heterocycles. The van der Waals surface area contributed by atoms with Crippen LogP contribution in [0.5, 0.6) is 0 Å². The second kappa shape index (κ2) is 11.4. The standard InChI is InChI=1S/C50H34N2/c1-3-15-33(16-4-1)38-21-9-11-26-44(38)52-45-27-12-10-23-40(45)43-32-37(29-30-46(43)52)51(36-19-5-2-6-20-36)47-28-14-25-42-49(47)41-24-13-18-35-31-34-17-7-8-22-39(34)50(42)48(35)41/h1-11,13-26,28-32H,12,27H2. The number of aromatic nitrogens is 1. The summed E-state index contributed by atoms with van der Waals surface area (Å²) in [6, 6.07) is 62.4. The van der Waals surface area contributed by atoms with E-state index in [1.807, 2.05) is 0 Å². The van der Waals surface area contributed by atoms with Gasteiger partial charge in [0.2, 0.25) is 0 Å². The molecule has 244 valence electrons. The molecule has 0 unspecified atom stereocenters. The van der Waals surface area contributed by atoms with Crippen molar-refractivity contribution in [3.8, 4) is 39.1 Å². The lowest BCUT2D eigenvalue weighted by molar-refractivity contribution is 0.889. The molecule has 0 fully saturated rings. The molecule has 1 aromatic heterocycles. The Morgan fingerprint density at radius 3 is 2.13 bits per heavy atom. The van der Waals surface area contributed by atoms with Crippen molar-refractivity contribution < 1.29 is 0 Å². The number of anilines is 3.